The van der Waals surface area contributed by atoms with Crippen LogP contribution in [0.5, 0.6) is 0 Å². The van der Waals surface area contributed by atoms with E-state index in [0.29, 0.717) is 5.92 Å². The second-order valence-corrected chi connectivity index (χ2v) is 29.7. The van der Waals surface area contributed by atoms with Gasteiger partial charge in [0.05, 0.1) is 22.4 Å². The van der Waals surface area contributed by atoms with E-state index in [2.05, 4.69) is 191 Å². The van der Waals surface area contributed by atoms with Crippen LogP contribution in [0.25, 0.3) is 83.2 Å². The Labute approximate surface area is 400 Å². The molecule has 0 fully saturated rings. The molecule has 0 N–H and O–H groups in total. The Morgan fingerprint density at radius 1 is 0.631 bits per heavy atom. The van der Waals surface area contributed by atoms with Crippen molar-refractivity contribution in [1.82, 2.24) is 14.5 Å². The van der Waals surface area contributed by atoms with Gasteiger partial charge in [-0.25, -0.2) is 0 Å². The molecule has 0 unspecified atom stereocenters. The Kier molecular flexibility index (Phi) is 13.5. The van der Waals surface area contributed by atoms with Crippen molar-refractivity contribution in [3.05, 3.63) is 181 Å². The van der Waals surface area contributed by atoms with Crippen molar-refractivity contribution < 1.29 is 24.5 Å². The largest absolute Gasteiger partial charge is 0.500 e. The van der Waals surface area contributed by atoms with Gasteiger partial charge in [-0.2, -0.15) is 0 Å². The molecule has 3 heterocycles. The van der Waals surface area contributed by atoms with Gasteiger partial charge in [0, 0.05) is 36.6 Å². The monoisotopic (exact) mass is 1090 g/mol. The van der Waals surface area contributed by atoms with Gasteiger partial charge in [-0.05, 0) is 63.7 Å². The Hall–Kier alpha value is -5.59. The second-order valence-electron chi connectivity index (χ2n) is 19.2. The molecule has 0 saturated heterocycles. The van der Waals surface area contributed by atoms with Crippen molar-refractivity contribution in [3.63, 3.8) is 0 Å². The fraction of sp³-hybridized carbons (Fsp3) is 0.220. The Morgan fingerprint density at radius 3 is 1.98 bits per heavy atom. The number of imidazole rings is 1. The number of hydrogen-bond acceptors (Lipinski definition) is 3. The average Bonchev–Trinajstić information content (AvgIpc) is 3.87. The SMILES string of the molecule is CC(C)Cc1cc(-c2[c-]cccc2)nc[c]1[Ge]([CH3])([CH3])[CH3].CC(C)c1cc(-c2ccccc2)cc(C(C)C)c1-n1c(-c2[c-]cc3oc4ccccc4c3c2)nc2ccc3ccccc3c21.[Ir]. The van der Waals surface area contributed by atoms with E-state index < -0.39 is 13.3 Å². The van der Waals surface area contributed by atoms with Crippen molar-refractivity contribution in [3.8, 4) is 39.5 Å². The second kappa shape index (κ2) is 19.1. The van der Waals surface area contributed by atoms with Crippen LogP contribution in [-0.4, -0.2) is 27.8 Å². The summed E-state index contributed by atoms with van der Waals surface area (Å²) in [6, 6.07) is 58.1. The molecule has 6 heteroatoms. The molecule has 0 spiro atoms. The molecule has 3 aromatic heterocycles. The fourth-order valence-electron chi connectivity index (χ4n) is 9.13. The van der Waals surface area contributed by atoms with Gasteiger partial charge < -0.3 is 8.98 Å². The van der Waals surface area contributed by atoms with Crippen LogP contribution in [-0.2, 0) is 26.5 Å². The van der Waals surface area contributed by atoms with Gasteiger partial charge in [0.2, 0.25) is 0 Å². The molecule has 0 aliphatic rings. The summed E-state index contributed by atoms with van der Waals surface area (Å²) in [6.45, 7) is 13.8. The molecule has 7 aromatic carbocycles. The molecule has 0 amide bonds. The third-order valence-electron chi connectivity index (χ3n) is 12.2. The van der Waals surface area contributed by atoms with Gasteiger partial charge in [-0.1, -0.05) is 112 Å². The van der Waals surface area contributed by atoms with Gasteiger partial charge in [-0.15, -0.1) is 23.8 Å². The number of rotatable bonds is 9. The zero-order chi connectivity index (χ0) is 44.7. The number of para-hydroxylation sites is 1. The summed E-state index contributed by atoms with van der Waals surface area (Å²) < 4.78 is 10.1. The van der Waals surface area contributed by atoms with E-state index in [9.17, 15) is 0 Å². The number of hydrogen-bond donors (Lipinski definition) is 0. The first kappa shape index (κ1) is 46.0. The molecule has 0 saturated carbocycles. The van der Waals surface area contributed by atoms with Crippen molar-refractivity contribution in [2.75, 3.05) is 0 Å². The van der Waals surface area contributed by atoms with E-state index in [1.807, 2.05) is 36.4 Å². The van der Waals surface area contributed by atoms with Crippen LogP contribution in [0.2, 0.25) is 17.3 Å². The molecule has 0 aliphatic heterocycles. The van der Waals surface area contributed by atoms with Crippen LogP contribution >= 0.6 is 0 Å². The molecule has 10 rings (SSSR count). The minimum Gasteiger partial charge on any atom is -0.500 e. The molecule has 0 aliphatic carbocycles. The van der Waals surface area contributed by atoms with Crippen LogP contribution in [0.3, 0.4) is 0 Å². The quantitative estimate of drug-likeness (QED) is 0.107. The van der Waals surface area contributed by atoms with Crippen molar-refractivity contribution in [2.45, 2.75) is 77.1 Å². The molecular weight excluding hydrogens is 1030 g/mol. The van der Waals surface area contributed by atoms with Crippen LogP contribution in [0.15, 0.2) is 156 Å². The summed E-state index contributed by atoms with van der Waals surface area (Å²) in [7, 11) is 0. The third-order valence-corrected chi connectivity index (χ3v) is 16.6. The first-order chi connectivity index (χ1) is 30.9. The number of furan rings is 1. The molecule has 0 bridgehead atoms. The Morgan fingerprint density at radius 2 is 1.31 bits per heavy atom. The number of aromatic nitrogens is 3. The first-order valence-electron chi connectivity index (χ1n) is 22.8. The molecule has 65 heavy (non-hydrogen) atoms. The minimum absolute atomic E-state index is 0. The maximum absolute atomic E-state index is 6.17. The predicted molar refractivity (Wildman–Crippen MR) is 274 cm³/mol. The summed E-state index contributed by atoms with van der Waals surface area (Å²) >= 11 is -1.86. The minimum atomic E-state index is -1.86. The van der Waals surface area contributed by atoms with Crippen LogP contribution in [0, 0.1) is 18.1 Å². The van der Waals surface area contributed by atoms with E-state index in [1.165, 1.54) is 44.3 Å². The number of fused-ring (bicyclic) bond motifs is 6. The zero-order valence-electron chi connectivity index (χ0n) is 39.0. The van der Waals surface area contributed by atoms with E-state index in [-0.39, 0.29) is 31.9 Å². The molecule has 10 aromatic rings. The van der Waals surface area contributed by atoms with E-state index >= 15 is 0 Å². The predicted octanol–water partition coefficient (Wildman–Crippen LogP) is 15.7. The van der Waals surface area contributed by atoms with Crippen molar-refractivity contribution in [1.29, 1.82) is 0 Å². The molecule has 329 valence electrons. The van der Waals surface area contributed by atoms with Crippen molar-refractivity contribution >= 4 is 61.4 Å². The molecule has 4 nitrogen and oxygen atoms in total. The summed E-state index contributed by atoms with van der Waals surface area (Å²) in [4.78, 5) is 10.1. The third kappa shape index (κ3) is 9.30. The summed E-state index contributed by atoms with van der Waals surface area (Å²) in [5.41, 5.74) is 14.7. The molecule has 1 radical (unpaired) electrons. The average molecular weight is 1090 g/mol. The maximum Gasteiger partial charge on any atom is 0.120 e. The molecular formula is C59H57GeIrN3O-2. The summed E-state index contributed by atoms with van der Waals surface area (Å²) in [6.07, 6.45) is 3.27. The van der Waals surface area contributed by atoms with Gasteiger partial charge in [-0.3, -0.25) is 4.98 Å². The van der Waals surface area contributed by atoms with Crippen molar-refractivity contribution in [2.24, 2.45) is 5.92 Å². The normalized spacial score (nSPS) is 11.8. The van der Waals surface area contributed by atoms with E-state index in [1.54, 1.807) is 4.40 Å². The topological polar surface area (TPSA) is 43.9 Å². The Balaban J connectivity index is 0.000000232. The maximum atomic E-state index is 6.17. The number of pyridine rings is 1. The summed E-state index contributed by atoms with van der Waals surface area (Å²) in [5, 5.41) is 4.57. The van der Waals surface area contributed by atoms with Gasteiger partial charge in [0.15, 0.2) is 0 Å². The van der Waals surface area contributed by atoms with Gasteiger partial charge in [0.25, 0.3) is 0 Å². The number of benzene rings is 7. The fourth-order valence-corrected chi connectivity index (χ4v) is 12.5. The summed E-state index contributed by atoms with van der Waals surface area (Å²) in [5.74, 6) is 9.46. The molecule has 0 atom stereocenters. The van der Waals surface area contributed by atoms with Crippen LogP contribution in [0.4, 0.5) is 0 Å². The van der Waals surface area contributed by atoms with E-state index in [0.717, 1.165) is 62.0 Å². The van der Waals surface area contributed by atoms with Gasteiger partial charge >= 0.3 is 126 Å². The zero-order valence-corrected chi connectivity index (χ0v) is 43.4. The smallest absolute Gasteiger partial charge is 0.120 e. The van der Waals surface area contributed by atoms with E-state index in [4.69, 9.17) is 14.4 Å². The number of nitrogens with zero attached hydrogens (tertiary/aromatic N) is 3. The van der Waals surface area contributed by atoms with Crippen LogP contribution < -0.4 is 4.40 Å². The van der Waals surface area contributed by atoms with Gasteiger partial charge in [0.1, 0.15) is 5.58 Å². The van der Waals surface area contributed by atoms with Crippen LogP contribution in [0.1, 0.15) is 70.1 Å². The first-order valence-corrected chi connectivity index (χ1v) is 30.1. The Bertz CT molecular complexity index is 3240. The standard InChI is InChI=1S/C41H33N2O.C18H24GeN.Ir/c1-25(2)33-23-30(27-12-6-5-7-13-27)24-34(26(3)4)39(33)43-40-31-15-9-8-14-28(31)18-20-36(40)42-41(43)29-19-21-38-35(22-29)32-16-10-11-17-37(32)44-38;1-14(2)11-16-12-18(15-9-7-6-8-10-15)20-13-17(16)19(3,4)5;/h5-18,20-26H,1-4H3;6-9,12-14H,11H2,1-5H3;/q2*-1;.